The molecule has 1 aliphatic rings. The Bertz CT molecular complexity index is 1650. The number of nitrogens with one attached hydrogen (secondary N) is 1. The standard InChI is InChI=1S/C28H25F6N7O2/c29-27(30,31)9-7-21(42)40-12-1-2-18(15-40)25-39-22(23-24(35)37-11-13-41(23)25)16-3-5-17(6-4-16)26(43)38-20-14-19(8-10-36-20)28(32,33)34/h3-6,8,10-11,13-14,18H,1-2,7,9,12,15H2,(H2,35,37)(H,36,38,43)/t18-/m1/s1. The van der Waals surface area contributed by atoms with Gasteiger partial charge >= 0.3 is 12.4 Å². The van der Waals surface area contributed by atoms with E-state index in [1.54, 1.807) is 22.7 Å². The summed E-state index contributed by atoms with van der Waals surface area (Å²) in [5.74, 6) is -1.05. The Labute approximate surface area is 240 Å². The zero-order valence-corrected chi connectivity index (χ0v) is 22.4. The molecule has 1 atom stereocenters. The summed E-state index contributed by atoms with van der Waals surface area (Å²) in [5.41, 5.74) is 6.88. The maximum Gasteiger partial charge on any atom is 0.416 e. The van der Waals surface area contributed by atoms with Crippen LogP contribution in [0.1, 0.15) is 53.3 Å². The molecule has 226 valence electrons. The van der Waals surface area contributed by atoms with Gasteiger partial charge in [-0.15, -0.1) is 0 Å². The Hall–Kier alpha value is -4.69. The summed E-state index contributed by atoms with van der Waals surface area (Å²) in [6.07, 6.45) is -5.50. The second kappa shape index (κ2) is 11.5. The first-order chi connectivity index (χ1) is 20.3. The normalized spacial score (nSPS) is 16.0. The van der Waals surface area contributed by atoms with Gasteiger partial charge in [-0.05, 0) is 37.1 Å². The van der Waals surface area contributed by atoms with Crippen molar-refractivity contribution >= 4 is 29.0 Å². The SMILES string of the molecule is Nc1nccn2c([C@@H]3CCCN(C(=O)CCC(F)(F)F)C3)nc(-c3ccc(C(=O)Nc4cc(C(F)(F)F)ccn4)cc3)c12. The lowest BCUT2D eigenvalue weighted by Gasteiger charge is -2.32. The number of carbonyl (C=O) groups is 2. The van der Waals surface area contributed by atoms with Crippen LogP contribution >= 0.6 is 0 Å². The number of halogens is 6. The first-order valence-corrected chi connectivity index (χ1v) is 13.2. The Kier molecular flexibility index (Phi) is 7.99. The number of nitrogen functional groups attached to an aromatic ring is 1. The summed E-state index contributed by atoms with van der Waals surface area (Å²) in [7, 11) is 0. The topological polar surface area (TPSA) is 119 Å². The van der Waals surface area contributed by atoms with E-state index in [0.717, 1.165) is 18.3 Å². The summed E-state index contributed by atoms with van der Waals surface area (Å²) in [6, 6.07) is 7.67. The van der Waals surface area contributed by atoms with Crippen LogP contribution in [0.15, 0.2) is 55.0 Å². The van der Waals surface area contributed by atoms with Crippen LogP contribution in [-0.2, 0) is 11.0 Å². The Balaban J connectivity index is 1.38. The Morgan fingerprint density at radius 2 is 1.77 bits per heavy atom. The highest BCUT2D eigenvalue weighted by molar-refractivity contribution is 6.04. The van der Waals surface area contributed by atoms with E-state index < -0.39 is 42.6 Å². The number of fused-ring (bicyclic) bond motifs is 1. The number of hydrogen-bond donors (Lipinski definition) is 2. The summed E-state index contributed by atoms with van der Waals surface area (Å²) in [5, 5.41) is 2.35. The number of piperidine rings is 1. The van der Waals surface area contributed by atoms with E-state index in [-0.39, 0.29) is 29.7 Å². The molecule has 1 aliphatic heterocycles. The van der Waals surface area contributed by atoms with E-state index in [1.807, 2.05) is 0 Å². The second-order valence-electron chi connectivity index (χ2n) is 10.1. The molecule has 5 rings (SSSR count). The third kappa shape index (κ3) is 6.70. The van der Waals surface area contributed by atoms with Gasteiger partial charge in [0.15, 0.2) is 0 Å². The fourth-order valence-electron chi connectivity index (χ4n) is 5.04. The van der Waals surface area contributed by atoms with Crippen molar-refractivity contribution < 1.29 is 35.9 Å². The smallest absolute Gasteiger partial charge is 0.382 e. The molecule has 4 aromatic rings. The summed E-state index contributed by atoms with van der Waals surface area (Å²) in [4.78, 5) is 39.4. The van der Waals surface area contributed by atoms with Crippen molar-refractivity contribution in [3.63, 3.8) is 0 Å². The number of pyridine rings is 1. The minimum atomic E-state index is -4.59. The fourth-order valence-corrected chi connectivity index (χ4v) is 5.04. The quantitative estimate of drug-likeness (QED) is 0.273. The van der Waals surface area contributed by atoms with Crippen molar-refractivity contribution in [3.8, 4) is 11.3 Å². The molecule has 1 saturated heterocycles. The predicted molar refractivity (Wildman–Crippen MR) is 144 cm³/mol. The van der Waals surface area contributed by atoms with Gasteiger partial charge in [0.25, 0.3) is 5.91 Å². The second-order valence-corrected chi connectivity index (χ2v) is 10.1. The van der Waals surface area contributed by atoms with E-state index in [1.165, 1.54) is 23.2 Å². The highest BCUT2D eigenvalue weighted by atomic mass is 19.4. The lowest BCUT2D eigenvalue weighted by atomic mass is 9.96. The highest BCUT2D eigenvalue weighted by Crippen LogP contribution is 2.35. The zero-order chi connectivity index (χ0) is 30.9. The molecule has 43 heavy (non-hydrogen) atoms. The van der Waals surface area contributed by atoms with Crippen molar-refractivity contribution in [2.75, 3.05) is 24.1 Å². The van der Waals surface area contributed by atoms with Crippen LogP contribution in [0.25, 0.3) is 16.8 Å². The maximum atomic E-state index is 13.0. The molecule has 3 aromatic heterocycles. The molecule has 1 aromatic carbocycles. The molecule has 0 unspecified atom stereocenters. The fraction of sp³-hybridized carbons (Fsp3) is 0.321. The number of alkyl halides is 6. The third-order valence-electron chi connectivity index (χ3n) is 7.12. The Morgan fingerprint density at radius 1 is 1.02 bits per heavy atom. The van der Waals surface area contributed by atoms with E-state index in [0.29, 0.717) is 42.0 Å². The number of rotatable bonds is 6. The van der Waals surface area contributed by atoms with Crippen molar-refractivity contribution in [1.29, 1.82) is 0 Å². The molecule has 0 aliphatic carbocycles. The number of imidazole rings is 1. The van der Waals surface area contributed by atoms with Crippen molar-refractivity contribution in [2.24, 2.45) is 0 Å². The summed E-state index contributed by atoms with van der Waals surface area (Å²) < 4.78 is 78.7. The lowest BCUT2D eigenvalue weighted by Crippen LogP contribution is -2.39. The van der Waals surface area contributed by atoms with Gasteiger partial charge in [0.1, 0.15) is 28.7 Å². The van der Waals surface area contributed by atoms with Crippen LogP contribution in [0.4, 0.5) is 38.0 Å². The number of carbonyl (C=O) groups excluding carboxylic acids is 2. The molecule has 0 saturated carbocycles. The molecule has 0 spiro atoms. The molecule has 2 amide bonds. The summed E-state index contributed by atoms with van der Waals surface area (Å²) in [6.45, 7) is 0.548. The van der Waals surface area contributed by atoms with Crippen LogP contribution in [0.2, 0.25) is 0 Å². The zero-order valence-electron chi connectivity index (χ0n) is 22.4. The maximum absolute atomic E-state index is 13.0. The molecule has 1 fully saturated rings. The van der Waals surface area contributed by atoms with Crippen LogP contribution in [0.3, 0.4) is 0 Å². The number of nitrogens with zero attached hydrogens (tertiary/aromatic N) is 5. The number of aromatic nitrogens is 4. The minimum absolute atomic E-state index is 0.151. The van der Waals surface area contributed by atoms with Crippen molar-refractivity contribution in [2.45, 2.75) is 44.0 Å². The summed E-state index contributed by atoms with van der Waals surface area (Å²) >= 11 is 0. The first kappa shape index (κ1) is 29.8. The molecule has 4 heterocycles. The molecule has 15 heteroatoms. The average Bonchev–Trinajstić information content (AvgIpc) is 3.36. The van der Waals surface area contributed by atoms with Gasteiger partial charge in [0, 0.05) is 55.1 Å². The van der Waals surface area contributed by atoms with Gasteiger partial charge in [0.2, 0.25) is 5.91 Å². The molecular weight excluding hydrogens is 580 g/mol. The molecule has 3 N–H and O–H groups in total. The van der Waals surface area contributed by atoms with Crippen molar-refractivity contribution in [3.05, 3.63) is 71.9 Å². The number of hydrogen-bond acceptors (Lipinski definition) is 6. The van der Waals surface area contributed by atoms with Gasteiger partial charge in [-0.2, -0.15) is 26.3 Å². The van der Waals surface area contributed by atoms with E-state index in [2.05, 4.69) is 15.3 Å². The van der Waals surface area contributed by atoms with Crippen LogP contribution in [-0.4, -0.2) is 55.3 Å². The van der Waals surface area contributed by atoms with Gasteiger partial charge in [0.05, 0.1) is 12.0 Å². The molecule has 9 nitrogen and oxygen atoms in total. The molecule has 0 radical (unpaired) electrons. The first-order valence-electron chi connectivity index (χ1n) is 13.2. The van der Waals surface area contributed by atoms with Gasteiger partial charge in [-0.3, -0.25) is 14.0 Å². The monoisotopic (exact) mass is 605 g/mol. The number of anilines is 2. The number of amides is 2. The van der Waals surface area contributed by atoms with Crippen LogP contribution in [0.5, 0.6) is 0 Å². The van der Waals surface area contributed by atoms with E-state index in [4.69, 9.17) is 10.7 Å². The molecule has 0 bridgehead atoms. The third-order valence-corrected chi connectivity index (χ3v) is 7.12. The highest BCUT2D eigenvalue weighted by Gasteiger charge is 2.33. The van der Waals surface area contributed by atoms with Crippen molar-refractivity contribution in [1.82, 2.24) is 24.3 Å². The van der Waals surface area contributed by atoms with Gasteiger partial charge in [-0.25, -0.2) is 15.0 Å². The van der Waals surface area contributed by atoms with E-state index in [9.17, 15) is 35.9 Å². The van der Waals surface area contributed by atoms with Gasteiger partial charge < -0.3 is 16.0 Å². The largest absolute Gasteiger partial charge is 0.416 e. The number of nitrogens with two attached hydrogens (primary N) is 1. The predicted octanol–water partition coefficient (Wildman–Crippen LogP) is 5.69. The lowest BCUT2D eigenvalue weighted by molar-refractivity contribution is -0.149. The number of benzene rings is 1. The average molecular weight is 606 g/mol. The minimum Gasteiger partial charge on any atom is -0.382 e. The Morgan fingerprint density at radius 3 is 2.47 bits per heavy atom. The van der Waals surface area contributed by atoms with E-state index >= 15 is 0 Å². The molecular formula is C28H25F6N7O2. The van der Waals surface area contributed by atoms with Gasteiger partial charge in [-0.1, -0.05) is 12.1 Å². The number of likely N-dealkylation sites (tertiary alicyclic amines) is 1. The van der Waals surface area contributed by atoms with Crippen LogP contribution in [0, 0.1) is 0 Å². The van der Waals surface area contributed by atoms with Crippen LogP contribution < -0.4 is 11.1 Å².